The summed E-state index contributed by atoms with van der Waals surface area (Å²) in [6.45, 7) is 9.33. The van der Waals surface area contributed by atoms with Crippen LogP contribution in [0.3, 0.4) is 0 Å². The van der Waals surface area contributed by atoms with Gasteiger partial charge in [-0.25, -0.2) is 0 Å². The lowest BCUT2D eigenvalue weighted by Gasteiger charge is -2.31. The molecule has 0 aromatic heterocycles. The second kappa shape index (κ2) is 4.52. The number of carbonyl (C=O) groups excluding carboxylic acids is 1. The van der Waals surface area contributed by atoms with Crippen LogP contribution in [0.5, 0.6) is 0 Å². The lowest BCUT2D eigenvalue weighted by atomic mass is 9.87. The Balaban J connectivity index is 2.61. The van der Waals surface area contributed by atoms with E-state index in [4.69, 9.17) is 5.73 Å². The Morgan fingerprint density at radius 2 is 2.13 bits per heavy atom. The Hall–Kier alpha value is -0.570. The van der Waals surface area contributed by atoms with Crippen LogP contribution in [0, 0.1) is 5.41 Å². The molecule has 0 saturated carbocycles. The first kappa shape index (κ1) is 12.5. The maximum absolute atomic E-state index is 11.8. The van der Waals surface area contributed by atoms with Crippen LogP contribution in [0.1, 0.15) is 47.0 Å². The normalized spacial score (nSPS) is 24.3. The van der Waals surface area contributed by atoms with E-state index >= 15 is 0 Å². The smallest absolute Gasteiger partial charge is 0.239 e. The molecule has 0 bridgehead atoms. The van der Waals surface area contributed by atoms with Gasteiger partial charge in [0.1, 0.15) is 0 Å². The average Bonchev–Trinajstić information content (AvgIpc) is 2.47. The molecule has 1 rings (SSSR count). The summed E-state index contributed by atoms with van der Waals surface area (Å²) in [7, 11) is 0. The van der Waals surface area contributed by atoms with Gasteiger partial charge in [-0.3, -0.25) is 4.79 Å². The zero-order chi connectivity index (χ0) is 11.6. The van der Waals surface area contributed by atoms with Gasteiger partial charge in [0.15, 0.2) is 0 Å². The average molecular weight is 212 g/mol. The van der Waals surface area contributed by atoms with Crippen LogP contribution in [0.4, 0.5) is 0 Å². The Labute approximate surface area is 93.0 Å². The summed E-state index contributed by atoms with van der Waals surface area (Å²) in [5.74, 6) is 0.113. The standard InChI is InChI=1S/C12H24N2O/c1-9(13)11(15)14-7-5-6-10(14)8-12(2,3)4/h9-10H,5-8,13H2,1-4H3/t9-,10?/m0/s1. The first-order valence-electron chi connectivity index (χ1n) is 5.87. The van der Waals surface area contributed by atoms with Crippen molar-refractivity contribution < 1.29 is 4.79 Å². The van der Waals surface area contributed by atoms with E-state index in [2.05, 4.69) is 20.8 Å². The summed E-state index contributed by atoms with van der Waals surface area (Å²) >= 11 is 0. The molecule has 0 aromatic rings. The lowest BCUT2D eigenvalue weighted by Crippen LogP contribution is -2.45. The Kier molecular flexibility index (Phi) is 3.77. The molecule has 15 heavy (non-hydrogen) atoms. The van der Waals surface area contributed by atoms with E-state index in [1.165, 1.54) is 0 Å². The van der Waals surface area contributed by atoms with Gasteiger partial charge < -0.3 is 10.6 Å². The van der Waals surface area contributed by atoms with Crippen LogP contribution in [0.15, 0.2) is 0 Å². The van der Waals surface area contributed by atoms with Crippen molar-refractivity contribution in [1.82, 2.24) is 4.90 Å². The maximum atomic E-state index is 11.8. The van der Waals surface area contributed by atoms with Gasteiger partial charge >= 0.3 is 0 Å². The van der Waals surface area contributed by atoms with E-state index < -0.39 is 0 Å². The van der Waals surface area contributed by atoms with Crippen molar-refractivity contribution in [1.29, 1.82) is 0 Å². The molecule has 2 N–H and O–H groups in total. The van der Waals surface area contributed by atoms with Gasteiger partial charge in [0, 0.05) is 12.6 Å². The lowest BCUT2D eigenvalue weighted by molar-refractivity contribution is -0.133. The van der Waals surface area contributed by atoms with Gasteiger partial charge in [-0.2, -0.15) is 0 Å². The fourth-order valence-electron chi connectivity index (χ4n) is 2.31. The topological polar surface area (TPSA) is 46.3 Å². The monoisotopic (exact) mass is 212 g/mol. The van der Waals surface area contributed by atoms with E-state index in [0.717, 1.165) is 25.8 Å². The summed E-state index contributed by atoms with van der Waals surface area (Å²) in [6.07, 6.45) is 3.33. The van der Waals surface area contributed by atoms with Crippen molar-refractivity contribution in [2.45, 2.75) is 59.0 Å². The molecule has 1 aliphatic heterocycles. The van der Waals surface area contributed by atoms with Gasteiger partial charge in [-0.15, -0.1) is 0 Å². The number of likely N-dealkylation sites (tertiary alicyclic amines) is 1. The van der Waals surface area contributed by atoms with E-state index in [1.807, 2.05) is 4.90 Å². The molecule has 1 unspecified atom stereocenters. The molecule has 0 aliphatic carbocycles. The third-order valence-electron chi connectivity index (χ3n) is 2.90. The number of nitrogens with two attached hydrogens (primary N) is 1. The Morgan fingerprint density at radius 1 is 1.53 bits per heavy atom. The second-order valence-corrected chi connectivity index (χ2v) is 5.88. The summed E-state index contributed by atoms with van der Waals surface area (Å²) in [4.78, 5) is 13.8. The fourth-order valence-corrected chi connectivity index (χ4v) is 2.31. The minimum Gasteiger partial charge on any atom is -0.338 e. The minimum atomic E-state index is -0.356. The van der Waals surface area contributed by atoms with E-state index in [9.17, 15) is 4.79 Å². The first-order chi connectivity index (χ1) is 6.81. The second-order valence-electron chi connectivity index (χ2n) is 5.88. The van der Waals surface area contributed by atoms with E-state index in [0.29, 0.717) is 6.04 Å². The molecule has 1 fully saturated rings. The van der Waals surface area contributed by atoms with Crippen LogP contribution >= 0.6 is 0 Å². The highest BCUT2D eigenvalue weighted by molar-refractivity contribution is 5.81. The number of rotatable bonds is 2. The van der Waals surface area contributed by atoms with Crippen LogP contribution in [0.25, 0.3) is 0 Å². The summed E-state index contributed by atoms with van der Waals surface area (Å²) in [5.41, 5.74) is 5.93. The van der Waals surface area contributed by atoms with Gasteiger partial charge in [-0.1, -0.05) is 20.8 Å². The number of nitrogens with zero attached hydrogens (tertiary/aromatic N) is 1. The van der Waals surface area contributed by atoms with Crippen molar-refractivity contribution in [2.24, 2.45) is 11.1 Å². The molecule has 1 amide bonds. The maximum Gasteiger partial charge on any atom is 0.239 e. The third kappa shape index (κ3) is 3.49. The zero-order valence-corrected chi connectivity index (χ0v) is 10.4. The largest absolute Gasteiger partial charge is 0.338 e. The van der Waals surface area contributed by atoms with Crippen molar-refractivity contribution in [2.75, 3.05) is 6.54 Å². The summed E-state index contributed by atoms with van der Waals surface area (Å²) in [5, 5.41) is 0. The molecule has 3 heteroatoms. The SMILES string of the molecule is C[C@H](N)C(=O)N1CCCC1CC(C)(C)C. The Bertz CT molecular complexity index is 230. The van der Waals surface area contributed by atoms with Crippen LogP contribution in [-0.4, -0.2) is 29.4 Å². The van der Waals surface area contributed by atoms with Crippen molar-refractivity contribution in [3.63, 3.8) is 0 Å². The molecular formula is C12H24N2O. The number of amides is 1. The van der Waals surface area contributed by atoms with E-state index in [-0.39, 0.29) is 17.4 Å². The molecule has 1 heterocycles. The molecule has 3 nitrogen and oxygen atoms in total. The molecule has 1 saturated heterocycles. The van der Waals surface area contributed by atoms with Crippen LogP contribution in [-0.2, 0) is 4.79 Å². The number of carbonyl (C=O) groups is 1. The zero-order valence-electron chi connectivity index (χ0n) is 10.4. The first-order valence-corrected chi connectivity index (χ1v) is 5.87. The summed E-state index contributed by atoms with van der Waals surface area (Å²) in [6, 6.07) is 0.0501. The highest BCUT2D eigenvalue weighted by Gasteiger charge is 2.32. The molecule has 0 spiro atoms. The fraction of sp³-hybridized carbons (Fsp3) is 0.917. The molecule has 1 aliphatic rings. The predicted molar refractivity (Wildman–Crippen MR) is 62.5 cm³/mol. The molecule has 2 atom stereocenters. The number of hydrogen-bond acceptors (Lipinski definition) is 2. The van der Waals surface area contributed by atoms with Crippen LogP contribution < -0.4 is 5.73 Å². The quantitative estimate of drug-likeness (QED) is 0.758. The van der Waals surface area contributed by atoms with Crippen LogP contribution in [0.2, 0.25) is 0 Å². The molecule has 0 aromatic carbocycles. The highest BCUT2D eigenvalue weighted by atomic mass is 16.2. The van der Waals surface area contributed by atoms with Gasteiger partial charge in [0.25, 0.3) is 0 Å². The van der Waals surface area contributed by atoms with Gasteiger partial charge in [0.2, 0.25) is 5.91 Å². The van der Waals surface area contributed by atoms with E-state index in [1.54, 1.807) is 6.92 Å². The van der Waals surface area contributed by atoms with Gasteiger partial charge in [0.05, 0.1) is 6.04 Å². The highest BCUT2D eigenvalue weighted by Crippen LogP contribution is 2.29. The van der Waals surface area contributed by atoms with Gasteiger partial charge in [-0.05, 0) is 31.6 Å². The molecular weight excluding hydrogens is 188 g/mol. The molecule has 0 radical (unpaired) electrons. The number of hydrogen-bond donors (Lipinski definition) is 1. The Morgan fingerprint density at radius 3 is 2.60 bits per heavy atom. The summed E-state index contributed by atoms with van der Waals surface area (Å²) < 4.78 is 0. The third-order valence-corrected chi connectivity index (χ3v) is 2.90. The predicted octanol–water partition coefficient (Wildman–Crippen LogP) is 1.76. The molecule has 88 valence electrons. The minimum absolute atomic E-state index is 0.113. The van der Waals surface area contributed by atoms with Crippen molar-refractivity contribution in [3.05, 3.63) is 0 Å². The van der Waals surface area contributed by atoms with Crippen molar-refractivity contribution >= 4 is 5.91 Å². The van der Waals surface area contributed by atoms with Crippen molar-refractivity contribution in [3.8, 4) is 0 Å².